The van der Waals surface area contributed by atoms with E-state index in [0.717, 1.165) is 32.1 Å². The van der Waals surface area contributed by atoms with Crippen LogP contribution < -0.4 is 5.32 Å². The van der Waals surface area contributed by atoms with E-state index in [1.807, 2.05) is 0 Å². The van der Waals surface area contributed by atoms with Crippen LogP contribution in [0.4, 0.5) is 4.79 Å². The molecule has 1 aliphatic heterocycles. The summed E-state index contributed by atoms with van der Waals surface area (Å²) in [4.78, 5) is 25.3. The summed E-state index contributed by atoms with van der Waals surface area (Å²) >= 11 is 0. The van der Waals surface area contributed by atoms with Gasteiger partial charge in [-0.2, -0.15) is 0 Å². The van der Waals surface area contributed by atoms with Crippen LogP contribution in [0, 0.1) is 5.92 Å². The van der Waals surface area contributed by atoms with Crippen LogP contribution in [0.15, 0.2) is 0 Å². The first-order valence-electron chi connectivity index (χ1n) is 7.89. The number of carboxylic acids is 1. The van der Waals surface area contributed by atoms with Gasteiger partial charge in [0.1, 0.15) is 6.04 Å². The molecule has 0 aromatic rings. The highest BCUT2D eigenvalue weighted by atomic mass is 16.5. The summed E-state index contributed by atoms with van der Waals surface area (Å²) in [6.07, 6.45) is 5.32. The van der Waals surface area contributed by atoms with Crippen molar-refractivity contribution in [1.29, 1.82) is 0 Å². The Balaban J connectivity index is 1.98. The maximum Gasteiger partial charge on any atom is 0.326 e. The fraction of sp³-hybridized carbons (Fsp3) is 0.867. The normalized spacial score (nSPS) is 33.0. The summed E-state index contributed by atoms with van der Waals surface area (Å²) in [5.41, 5.74) is 0. The zero-order valence-electron chi connectivity index (χ0n) is 12.9. The molecule has 4 unspecified atom stereocenters. The molecule has 1 heterocycles. The third-order valence-electron chi connectivity index (χ3n) is 4.90. The first-order chi connectivity index (χ1) is 10.1. The van der Waals surface area contributed by atoms with E-state index in [0.29, 0.717) is 18.9 Å². The Morgan fingerprint density at radius 3 is 2.71 bits per heavy atom. The van der Waals surface area contributed by atoms with Crippen LogP contribution in [0.5, 0.6) is 0 Å². The van der Waals surface area contributed by atoms with Gasteiger partial charge in [0, 0.05) is 13.7 Å². The van der Waals surface area contributed by atoms with Crippen LogP contribution in [0.3, 0.4) is 0 Å². The third kappa shape index (κ3) is 3.67. The number of carbonyl (C=O) groups is 2. The van der Waals surface area contributed by atoms with E-state index in [4.69, 9.17) is 4.74 Å². The number of urea groups is 1. The molecule has 0 aromatic heterocycles. The third-order valence-corrected chi connectivity index (χ3v) is 4.90. The van der Waals surface area contributed by atoms with Gasteiger partial charge >= 0.3 is 12.0 Å². The monoisotopic (exact) mass is 298 g/mol. The number of piperidine rings is 1. The number of likely N-dealkylation sites (tertiary alicyclic amines) is 1. The van der Waals surface area contributed by atoms with Crippen LogP contribution in [0.25, 0.3) is 0 Å². The second-order valence-electron chi connectivity index (χ2n) is 6.11. The molecule has 120 valence electrons. The van der Waals surface area contributed by atoms with Crippen LogP contribution in [0.1, 0.15) is 45.4 Å². The first-order valence-corrected chi connectivity index (χ1v) is 7.89. The fourth-order valence-corrected chi connectivity index (χ4v) is 3.50. The van der Waals surface area contributed by atoms with Gasteiger partial charge < -0.3 is 20.1 Å². The molecule has 2 rings (SSSR count). The van der Waals surface area contributed by atoms with E-state index < -0.39 is 12.0 Å². The minimum Gasteiger partial charge on any atom is -0.480 e. The smallest absolute Gasteiger partial charge is 0.326 e. The molecule has 1 aliphatic carbocycles. The van der Waals surface area contributed by atoms with Crippen molar-refractivity contribution in [3.63, 3.8) is 0 Å². The van der Waals surface area contributed by atoms with E-state index in [2.05, 4.69) is 12.2 Å². The van der Waals surface area contributed by atoms with Crippen molar-refractivity contribution in [2.45, 2.75) is 63.6 Å². The number of carbonyl (C=O) groups excluding carboxylic acids is 1. The lowest BCUT2D eigenvalue weighted by atomic mass is 9.89. The second-order valence-corrected chi connectivity index (χ2v) is 6.11. The largest absolute Gasteiger partial charge is 0.480 e. The Morgan fingerprint density at radius 1 is 1.33 bits per heavy atom. The highest BCUT2D eigenvalue weighted by Crippen LogP contribution is 2.27. The standard InChI is InChI=1S/C15H26N2O4/c1-3-10-7-8-17(12(9-10)14(18)19)15(20)16-11-5-4-6-13(11)21-2/h10-13H,3-9H2,1-2H3,(H,16,20)(H,18,19). The average Bonchev–Trinajstić information content (AvgIpc) is 2.93. The number of methoxy groups -OCH3 is 1. The van der Waals surface area contributed by atoms with Crippen LogP contribution in [-0.2, 0) is 9.53 Å². The number of nitrogens with zero attached hydrogens (tertiary/aromatic N) is 1. The van der Waals surface area contributed by atoms with E-state index in [1.165, 1.54) is 4.90 Å². The zero-order valence-corrected chi connectivity index (χ0v) is 12.9. The molecule has 21 heavy (non-hydrogen) atoms. The highest BCUT2D eigenvalue weighted by molar-refractivity contribution is 5.83. The molecule has 1 saturated heterocycles. The molecule has 4 atom stereocenters. The number of ether oxygens (including phenoxy) is 1. The van der Waals surface area contributed by atoms with Crippen molar-refractivity contribution in [2.75, 3.05) is 13.7 Å². The molecule has 0 bridgehead atoms. The quantitative estimate of drug-likeness (QED) is 0.830. The van der Waals surface area contributed by atoms with Crippen LogP contribution >= 0.6 is 0 Å². The Labute approximate surface area is 125 Å². The van der Waals surface area contributed by atoms with Gasteiger partial charge in [0.2, 0.25) is 0 Å². The number of amides is 2. The summed E-state index contributed by atoms with van der Waals surface area (Å²) < 4.78 is 5.37. The van der Waals surface area contributed by atoms with Crippen molar-refractivity contribution in [1.82, 2.24) is 10.2 Å². The van der Waals surface area contributed by atoms with E-state index >= 15 is 0 Å². The number of carboxylic acid groups (broad SMARTS) is 1. The van der Waals surface area contributed by atoms with Crippen LogP contribution in [-0.4, -0.2) is 53.8 Å². The summed E-state index contributed by atoms with van der Waals surface area (Å²) in [6.45, 7) is 2.59. The van der Waals surface area contributed by atoms with Crippen molar-refractivity contribution >= 4 is 12.0 Å². The SMILES string of the molecule is CCC1CCN(C(=O)NC2CCCC2OC)C(C(=O)O)C1. The number of nitrogens with one attached hydrogen (secondary N) is 1. The predicted molar refractivity (Wildman–Crippen MR) is 78.1 cm³/mol. The van der Waals surface area contributed by atoms with Gasteiger partial charge in [-0.3, -0.25) is 0 Å². The lowest BCUT2D eigenvalue weighted by molar-refractivity contribution is -0.144. The lowest BCUT2D eigenvalue weighted by Gasteiger charge is -2.37. The molecular weight excluding hydrogens is 272 g/mol. The summed E-state index contributed by atoms with van der Waals surface area (Å²) in [5, 5.41) is 12.3. The van der Waals surface area contributed by atoms with Gasteiger partial charge in [-0.1, -0.05) is 13.3 Å². The maximum absolute atomic E-state index is 12.4. The predicted octanol–water partition coefficient (Wildman–Crippen LogP) is 1.84. The van der Waals surface area contributed by atoms with E-state index in [9.17, 15) is 14.7 Å². The summed E-state index contributed by atoms with van der Waals surface area (Å²) in [6, 6.07) is -0.960. The molecule has 2 amide bonds. The lowest BCUT2D eigenvalue weighted by Crippen LogP contribution is -2.56. The molecule has 6 nitrogen and oxygen atoms in total. The number of hydrogen-bond donors (Lipinski definition) is 2. The average molecular weight is 298 g/mol. The summed E-state index contributed by atoms with van der Waals surface area (Å²) in [7, 11) is 1.65. The molecule has 6 heteroatoms. The molecule has 0 aromatic carbocycles. The van der Waals surface area contributed by atoms with Crippen molar-refractivity contribution in [2.24, 2.45) is 5.92 Å². The number of hydrogen-bond acceptors (Lipinski definition) is 3. The Kier molecular flexibility index (Phi) is 5.45. The van der Waals surface area contributed by atoms with Gasteiger partial charge in [-0.15, -0.1) is 0 Å². The second kappa shape index (κ2) is 7.11. The fourth-order valence-electron chi connectivity index (χ4n) is 3.50. The van der Waals surface area contributed by atoms with Crippen molar-refractivity contribution < 1.29 is 19.4 Å². The molecule has 0 spiro atoms. The number of aliphatic carboxylic acids is 1. The van der Waals surface area contributed by atoms with Crippen molar-refractivity contribution in [3.05, 3.63) is 0 Å². The molecule has 1 saturated carbocycles. The van der Waals surface area contributed by atoms with E-state index in [1.54, 1.807) is 7.11 Å². The molecular formula is C15H26N2O4. The molecule has 2 N–H and O–H groups in total. The van der Waals surface area contributed by atoms with Gasteiger partial charge in [-0.05, 0) is 38.0 Å². The number of rotatable bonds is 4. The van der Waals surface area contributed by atoms with Gasteiger partial charge in [0.25, 0.3) is 0 Å². The highest BCUT2D eigenvalue weighted by Gasteiger charge is 2.37. The van der Waals surface area contributed by atoms with Gasteiger partial charge in [-0.25, -0.2) is 9.59 Å². The summed E-state index contributed by atoms with van der Waals surface area (Å²) in [5.74, 6) is -0.508. The Morgan fingerprint density at radius 2 is 2.10 bits per heavy atom. The molecule has 2 aliphatic rings. The minimum absolute atomic E-state index is 0.000781. The van der Waals surface area contributed by atoms with Gasteiger partial charge in [0.05, 0.1) is 12.1 Å². The Hall–Kier alpha value is -1.30. The zero-order chi connectivity index (χ0) is 15.4. The topological polar surface area (TPSA) is 78.9 Å². The Bertz CT molecular complexity index is 388. The van der Waals surface area contributed by atoms with Crippen LogP contribution in [0.2, 0.25) is 0 Å². The molecule has 0 radical (unpaired) electrons. The first kappa shape index (κ1) is 16.1. The van der Waals surface area contributed by atoms with E-state index in [-0.39, 0.29) is 18.2 Å². The molecule has 2 fully saturated rings. The maximum atomic E-state index is 12.4. The van der Waals surface area contributed by atoms with Crippen molar-refractivity contribution in [3.8, 4) is 0 Å². The van der Waals surface area contributed by atoms with Gasteiger partial charge in [0.15, 0.2) is 0 Å². The minimum atomic E-state index is -0.905.